The first-order valence-electron chi connectivity index (χ1n) is 11.6. The van der Waals surface area contributed by atoms with E-state index < -0.39 is 0 Å². The molecule has 0 saturated carbocycles. The fourth-order valence-corrected chi connectivity index (χ4v) is 5.20. The van der Waals surface area contributed by atoms with E-state index in [9.17, 15) is 4.79 Å². The highest BCUT2D eigenvalue weighted by molar-refractivity contribution is 5.86. The van der Waals surface area contributed by atoms with Crippen molar-refractivity contribution in [2.24, 2.45) is 5.41 Å². The molecule has 2 atom stereocenters. The molecule has 168 valence electrons. The maximum atomic E-state index is 13.7. The van der Waals surface area contributed by atoms with Crippen LogP contribution in [0.15, 0.2) is 36.8 Å². The lowest BCUT2D eigenvalue weighted by molar-refractivity contribution is -0.136. The fraction of sp³-hybridized carbons (Fsp3) is 0.600. The predicted octanol–water partition coefficient (Wildman–Crippen LogP) is 3.49. The summed E-state index contributed by atoms with van der Waals surface area (Å²) in [6.07, 6.45) is 6.02. The molecule has 1 aromatic carbocycles. The molecular weight excluding hydrogens is 388 g/mol. The molecule has 1 aromatic heterocycles. The third-order valence-electron chi connectivity index (χ3n) is 7.13. The number of aryl methyl sites for hydroxylation is 1. The van der Waals surface area contributed by atoms with Crippen molar-refractivity contribution in [2.75, 3.05) is 39.9 Å². The number of ether oxygens (including phenoxy) is 1. The molecule has 31 heavy (non-hydrogen) atoms. The van der Waals surface area contributed by atoms with E-state index in [2.05, 4.69) is 60.7 Å². The minimum atomic E-state index is -0.382. The lowest BCUT2D eigenvalue weighted by atomic mass is 9.75. The van der Waals surface area contributed by atoms with E-state index in [1.54, 1.807) is 7.11 Å². The van der Waals surface area contributed by atoms with Crippen LogP contribution < -0.4 is 0 Å². The molecule has 2 aromatic rings. The van der Waals surface area contributed by atoms with Gasteiger partial charge in [-0.05, 0) is 37.8 Å². The van der Waals surface area contributed by atoms with Crippen molar-refractivity contribution in [3.8, 4) is 0 Å². The van der Waals surface area contributed by atoms with Gasteiger partial charge >= 0.3 is 0 Å². The van der Waals surface area contributed by atoms with Crippen LogP contribution >= 0.6 is 0 Å². The van der Waals surface area contributed by atoms with E-state index in [0.29, 0.717) is 19.2 Å². The third kappa shape index (κ3) is 4.28. The number of hydrogen-bond donors (Lipinski definition) is 0. The van der Waals surface area contributed by atoms with Crippen molar-refractivity contribution >= 4 is 5.91 Å². The van der Waals surface area contributed by atoms with E-state index >= 15 is 0 Å². The molecule has 0 bridgehead atoms. The zero-order chi connectivity index (χ0) is 22.0. The highest BCUT2D eigenvalue weighted by Crippen LogP contribution is 2.49. The number of hydrogen-bond acceptors (Lipinski definition) is 4. The van der Waals surface area contributed by atoms with Gasteiger partial charge in [0, 0.05) is 58.0 Å². The summed E-state index contributed by atoms with van der Waals surface area (Å²) < 4.78 is 7.39. The first kappa shape index (κ1) is 22.0. The van der Waals surface area contributed by atoms with Crippen LogP contribution in [0.3, 0.4) is 0 Å². The van der Waals surface area contributed by atoms with Crippen molar-refractivity contribution in [3.63, 3.8) is 0 Å². The normalized spacial score (nSPS) is 24.2. The Labute approximate surface area is 186 Å². The van der Waals surface area contributed by atoms with Crippen LogP contribution in [-0.4, -0.2) is 65.2 Å². The first-order chi connectivity index (χ1) is 15.0. The SMILES string of the molecule is CCc1ccc(CN2C[C@H](c3cn(C(C)C)cn3)[C@]3(CCN(CCOC)C3=O)C2)cc1. The smallest absolute Gasteiger partial charge is 0.230 e. The largest absolute Gasteiger partial charge is 0.383 e. The number of methoxy groups -OCH3 is 1. The zero-order valence-corrected chi connectivity index (χ0v) is 19.4. The Kier molecular flexibility index (Phi) is 6.49. The molecule has 2 fully saturated rings. The Balaban J connectivity index is 1.59. The summed E-state index contributed by atoms with van der Waals surface area (Å²) in [6.45, 7) is 11.1. The number of rotatable bonds is 8. The lowest BCUT2D eigenvalue weighted by Crippen LogP contribution is -2.40. The second-order valence-electron chi connectivity index (χ2n) is 9.42. The number of carbonyl (C=O) groups is 1. The number of amides is 1. The van der Waals surface area contributed by atoms with Crippen molar-refractivity contribution in [1.29, 1.82) is 0 Å². The molecule has 0 unspecified atom stereocenters. The van der Waals surface area contributed by atoms with Crippen molar-refractivity contribution < 1.29 is 9.53 Å². The predicted molar refractivity (Wildman–Crippen MR) is 122 cm³/mol. The molecule has 2 saturated heterocycles. The van der Waals surface area contributed by atoms with Gasteiger partial charge in [0.25, 0.3) is 0 Å². The van der Waals surface area contributed by atoms with E-state index in [1.165, 1.54) is 11.1 Å². The molecule has 1 amide bonds. The van der Waals surface area contributed by atoms with Gasteiger partial charge in [0.15, 0.2) is 0 Å². The topological polar surface area (TPSA) is 50.6 Å². The van der Waals surface area contributed by atoms with E-state index in [1.807, 2.05) is 11.2 Å². The van der Waals surface area contributed by atoms with Gasteiger partial charge in [-0.3, -0.25) is 9.69 Å². The summed E-state index contributed by atoms with van der Waals surface area (Å²) in [5.74, 6) is 0.403. The summed E-state index contributed by atoms with van der Waals surface area (Å²) in [6, 6.07) is 9.26. The van der Waals surface area contributed by atoms with Crippen molar-refractivity contribution in [3.05, 3.63) is 53.6 Å². The minimum Gasteiger partial charge on any atom is -0.383 e. The summed E-state index contributed by atoms with van der Waals surface area (Å²) in [5.41, 5.74) is 3.34. The summed E-state index contributed by atoms with van der Waals surface area (Å²) in [7, 11) is 1.69. The van der Waals surface area contributed by atoms with Gasteiger partial charge in [0.2, 0.25) is 5.91 Å². The molecule has 1 spiro atoms. The Hall–Kier alpha value is -2.18. The van der Waals surface area contributed by atoms with Crippen LogP contribution in [0.4, 0.5) is 0 Å². The average molecular weight is 425 g/mol. The average Bonchev–Trinajstić information content (AvgIpc) is 3.47. The minimum absolute atomic E-state index is 0.127. The molecule has 2 aliphatic heterocycles. The molecule has 0 radical (unpaired) electrons. The van der Waals surface area contributed by atoms with Gasteiger partial charge in [-0.2, -0.15) is 0 Å². The molecule has 4 rings (SSSR count). The van der Waals surface area contributed by atoms with Crippen molar-refractivity contribution in [2.45, 2.75) is 52.1 Å². The molecule has 0 aliphatic carbocycles. The van der Waals surface area contributed by atoms with E-state index in [-0.39, 0.29) is 17.2 Å². The lowest BCUT2D eigenvalue weighted by Gasteiger charge is -2.28. The number of likely N-dealkylation sites (tertiary alicyclic amines) is 2. The van der Waals surface area contributed by atoms with Crippen LogP contribution in [0.25, 0.3) is 0 Å². The highest BCUT2D eigenvalue weighted by atomic mass is 16.5. The Morgan fingerprint density at radius 3 is 2.61 bits per heavy atom. The Morgan fingerprint density at radius 2 is 1.97 bits per heavy atom. The van der Waals surface area contributed by atoms with Crippen LogP contribution in [0, 0.1) is 5.41 Å². The molecule has 2 aliphatic rings. The van der Waals surface area contributed by atoms with Crippen LogP contribution in [0.5, 0.6) is 0 Å². The van der Waals surface area contributed by atoms with E-state index in [0.717, 1.165) is 44.7 Å². The molecule has 3 heterocycles. The number of carbonyl (C=O) groups excluding carboxylic acids is 1. The number of nitrogens with zero attached hydrogens (tertiary/aromatic N) is 4. The van der Waals surface area contributed by atoms with Gasteiger partial charge in [-0.15, -0.1) is 0 Å². The van der Waals surface area contributed by atoms with Crippen molar-refractivity contribution in [1.82, 2.24) is 19.4 Å². The quantitative estimate of drug-likeness (QED) is 0.651. The number of aromatic nitrogens is 2. The van der Waals surface area contributed by atoms with Crippen LogP contribution in [0.1, 0.15) is 56.0 Å². The molecular formula is C25H36N4O2. The van der Waals surface area contributed by atoms with E-state index in [4.69, 9.17) is 9.72 Å². The van der Waals surface area contributed by atoms with Gasteiger partial charge in [-0.25, -0.2) is 4.98 Å². The fourth-order valence-electron chi connectivity index (χ4n) is 5.20. The third-order valence-corrected chi connectivity index (χ3v) is 7.13. The highest BCUT2D eigenvalue weighted by Gasteiger charge is 2.57. The molecule has 6 nitrogen and oxygen atoms in total. The maximum absolute atomic E-state index is 13.7. The first-order valence-corrected chi connectivity index (χ1v) is 11.6. The number of imidazole rings is 1. The molecule has 0 N–H and O–H groups in total. The zero-order valence-electron chi connectivity index (χ0n) is 19.4. The van der Waals surface area contributed by atoms with Gasteiger partial charge in [0.05, 0.1) is 24.0 Å². The van der Waals surface area contributed by atoms with Crippen LogP contribution in [-0.2, 0) is 22.5 Å². The number of benzene rings is 1. The summed E-state index contributed by atoms with van der Waals surface area (Å²) in [4.78, 5) is 22.9. The monoisotopic (exact) mass is 424 g/mol. The standard InChI is InChI=1S/C25H36N4O2/c1-5-20-6-8-21(9-7-20)14-27-15-22(23-16-29(18-26-23)19(2)3)25(17-27)10-11-28(24(25)30)12-13-31-4/h6-9,16,18-19,22H,5,10-15,17H2,1-4H3/t22-,25+/m1/s1. The summed E-state index contributed by atoms with van der Waals surface area (Å²) in [5, 5.41) is 0. The second-order valence-corrected chi connectivity index (χ2v) is 9.42. The maximum Gasteiger partial charge on any atom is 0.230 e. The summed E-state index contributed by atoms with van der Waals surface area (Å²) >= 11 is 0. The second kappa shape index (κ2) is 9.13. The van der Waals surface area contributed by atoms with Gasteiger partial charge in [0.1, 0.15) is 0 Å². The molecule has 6 heteroatoms. The Morgan fingerprint density at radius 1 is 1.23 bits per heavy atom. The Bertz CT molecular complexity index is 891. The van der Waals surface area contributed by atoms with Crippen LogP contribution in [0.2, 0.25) is 0 Å². The van der Waals surface area contributed by atoms with Gasteiger partial charge in [-0.1, -0.05) is 31.2 Å². The van der Waals surface area contributed by atoms with Gasteiger partial charge < -0.3 is 14.2 Å².